The Morgan fingerprint density at radius 3 is 2.88 bits per heavy atom. The molecule has 0 saturated heterocycles. The number of carbonyl (C=O) groups excluding carboxylic acids is 1. The average Bonchev–Trinajstić information content (AvgIpc) is 1.83. The fraction of sp³-hybridized carbons (Fsp3) is 0.400. The molecule has 0 aliphatic carbocycles. The van der Waals surface area contributed by atoms with Gasteiger partial charge in [-0.1, -0.05) is 6.08 Å². The Hall–Kier alpha value is -0.440. The maximum atomic E-state index is 10.3. The minimum Gasteiger partial charge on any atom is -0.332 e. The summed E-state index contributed by atoms with van der Waals surface area (Å²) in [5, 5.41) is 2.49. The van der Waals surface area contributed by atoms with Crippen LogP contribution >= 0.6 is 12.6 Å². The topological polar surface area (TPSA) is 29.1 Å². The van der Waals surface area contributed by atoms with Crippen molar-refractivity contribution in [3.05, 3.63) is 12.3 Å². The van der Waals surface area contributed by atoms with Crippen molar-refractivity contribution in [1.82, 2.24) is 5.32 Å². The van der Waals surface area contributed by atoms with Crippen molar-refractivity contribution in [2.45, 2.75) is 6.92 Å². The zero-order chi connectivity index (χ0) is 6.41. The molecule has 0 radical (unpaired) electrons. The van der Waals surface area contributed by atoms with E-state index in [4.69, 9.17) is 0 Å². The van der Waals surface area contributed by atoms with Crippen LogP contribution in [-0.4, -0.2) is 11.7 Å². The molecule has 3 heteroatoms. The second kappa shape index (κ2) is 4.71. The van der Waals surface area contributed by atoms with E-state index in [0.29, 0.717) is 0 Å². The van der Waals surface area contributed by atoms with E-state index < -0.39 is 0 Å². The van der Waals surface area contributed by atoms with E-state index in [2.05, 4.69) is 17.9 Å². The number of thiol groups is 1. The third kappa shape index (κ3) is 3.74. The van der Waals surface area contributed by atoms with Gasteiger partial charge < -0.3 is 5.32 Å². The predicted molar refractivity (Wildman–Crippen MR) is 36.8 cm³/mol. The average molecular weight is 131 g/mol. The zero-order valence-corrected chi connectivity index (χ0v) is 5.61. The van der Waals surface area contributed by atoms with Gasteiger partial charge in [-0.05, 0) is 13.1 Å². The molecule has 0 saturated carbocycles. The third-order valence-electron chi connectivity index (χ3n) is 0.555. The van der Waals surface area contributed by atoms with Crippen LogP contribution in [0.3, 0.4) is 0 Å². The van der Waals surface area contributed by atoms with Crippen LogP contribution < -0.4 is 5.32 Å². The van der Waals surface area contributed by atoms with Gasteiger partial charge in [-0.25, -0.2) is 0 Å². The van der Waals surface area contributed by atoms with Crippen molar-refractivity contribution >= 4 is 18.5 Å². The van der Waals surface area contributed by atoms with Crippen molar-refractivity contribution in [1.29, 1.82) is 0 Å². The van der Waals surface area contributed by atoms with E-state index in [-0.39, 0.29) is 11.7 Å². The Kier molecular flexibility index (Phi) is 4.45. The first-order valence-corrected chi connectivity index (χ1v) is 2.96. The molecule has 1 N–H and O–H groups in total. The Balaban J connectivity index is 3.25. The van der Waals surface area contributed by atoms with Crippen molar-refractivity contribution in [2.24, 2.45) is 0 Å². The zero-order valence-electron chi connectivity index (χ0n) is 4.72. The molecule has 0 bridgehead atoms. The largest absolute Gasteiger partial charge is 0.332 e. The van der Waals surface area contributed by atoms with Crippen molar-refractivity contribution in [3.63, 3.8) is 0 Å². The molecule has 0 aromatic rings. The number of hydrogen-bond donors (Lipinski definition) is 2. The molecule has 1 amide bonds. The van der Waals surface area contributed by atoms with E-state index in [1.54, 1.807) is 12.3 Å². The van der Waals surface area contributed by atoms with Gasteiger partial charge in [0.05, 0.1) is 5.75 Å². The Morgan fingerprint density at radius 1 is 1.88 bits per heavy atom. The highest BCUT2D eigenvalue weighted by molar-refractivity contribution is 7.81. The molecular formula is C5H9NOS. The number of nitrogens with one attached hydrogen (secondary N) is 1. The lowest BCUT2D eigenvalue weighted by Crippen LogP contribution is -2.17. The summed E-state index contributed by atoms with van der Waals surface area (Å²) in [5.74, 6) is 0.163. The van der Waals surface area contributed by atoms with Crippen LogP contribution in [-0.2, 0) is 4.79 Å². The van der Waals surface area contributed by atoms with E-state index in [1.807, 2.05) is 6.92 Å². The normalized spacial score (nSPS) is 9.75. The second-order valence-corrected chi connectivity index (χ2v) is 1.54. The molecule has 0 heterocycles. The summed E-state index contributed by atoms with van der Waals surface area (Å²) in [7, 11) is 0. The fourth-order valence-electron chi connectivity index (χ4n) is 0.222. The lowest BCUT2D eigenvalue weighted by molar-refractivity contribution is -0.117. The van der Waals surface area contributed by atoms with Crippen molar-refractivity contribution < 1.29 is 4.79 Å². The van der Waals surface area contributed by atoms with Gasteiger partial charge in [0.25, 0.3) is 0 Å². The maximum Gasteiger partial charge on any atom is 0.233 e. The van der Waals surface area contributed by atoms with Crippen LogP contribution in [0.2, 0.25) is 0 Å². The summed E-state index contributed by atoms with van der Waals surface area (Å²) in [6.07, 6.45) is 3.33. The van der Waals surface area contributed by atoms with Gasteiger partial charge in [0, 0.05) is 0 Å². The molecule has 0 aliphatic heterocycles. The Morgan fingerprint density at radius 2 is 2.50 bits per heavy atom. The monoisotopic (exact) mass is 131 g/mol. The van der Waals surface area contributed by atoms with Gasteiger partial charge in [0.15, 0.2) is 0 Å². The van der Waals surface area contributed by atoms with E-state index in [1.165, 1.54) is 0 Å². The molecule has 0 rings (SSSR count). The highest BCUT2D eigenvalue weighted by Gasteiger charge is 1.88. The molecule has 0 aromatic heterocycles. The molecule has 0 aromatic carbocycles. The molecule has 0 spiro atoms. The number of amides is 1. The van der Waals surface area contributed by atoms with Crippen LogP contribution in [0.1, 0.15) is 6.92 Å². The number of rotatable bonds is 2. The van der Waals surface area contributed by atoms with Gasteiger partial charge in [-0.2, -0.15) is 12.6 Å². The lowest BCUT2D eigenvalue weighted by Gasteiger charge is -1.90. The summed E-state index contributed by atoms with van der Waals surface area (Å²) < 4.78 is 0. The third-order valence-corrected chi connectivity index (χ3v) is 0.842. The standard InChI is InChI=1S/C5H9NOS/c1-2-3-6-5(7)4-8/h2-3,8H,4H2,1H3,(H,6,7)/b3-2-. The van der Waals surface area contributed by atoms with Gasteiger partial charge in [-0.15, -0.1) is 0 Å². The first kappa shape index (κ1) is 7.56. The second-order valence-electron chi connectivity index (χ2n) is 1.23. The van der Waals surface area contributed by atoms with Crippen LogP contribution in [0.25, 0.3) is 0 Å². The number of carbonyl (C=O) groups is 1. The highest BCUT2D eigenvalue weighted by atomic mass is 32.1. The summed E-state index contributed by atoms with van der Waals surface area (Å²) in [6.45, 7) is 1.83. The molecular weight excluding hydrogens is 122 g/mol. The van der Waals surface area contributed by atoms with Gasteiger partial charge in [0.2, 0.25) is 5.91 Å². The van der Waals surface area contributed by atoms with Gasteiger partial charge in [0.1, 0.15) is 0 Å². The SMILES string of the molecule is C/C=C\NC(=O)CS. The number of hydrogen-bond acceptors (Lipinski definition) is 2. The van der Waals surface area contributed by atoms with Crippen LogP contribution in [0.4, 0.5) is 0 Å². The molecule has 0 fully saturated rings. The highest BCUT2D eigenvalue weighted by Crippen LogP contribution is 1.72. The molecule has 0 unspecified atom stereocenters. The number of allylic oxidation sites excluding steroid dienone is 1. The Labute approximate surface area is 54.4 Å². The quantitative estimate of drug-likeness (QED) is 0.527. The van der Waals surface area contributed by atoms with Crippen molar-refractivity contribution in [3.8, 4) is 0 Å². The lowest BCUT2D eigenvalue weighted by atomic mass is 10.6. The van der Waals surface area contributed by atoms with E-state index in [9.17, 15) is 4.79 Å². The summed E-state index contributed by atoms with van der Waals surface area (Å²) in [6, 6.07) is 0. The summed E-state index contributed by atoms with van der Waals surface area (Å²) in [5.41, 5.74) is 0. The molecule has 0 atom stereocenters. The van der Waals surface area contributed by atoms with Crippen LogP contribution in [0.15, 0.2) is 12.3 Å². The minimum absolute atomic E-state index is 0.0774. The van der Waals surface area contributed by atoms with Gasteiger partial charge in [-0.3, -0.25) is 4.79 Å². The predicted octanol–water partition coefficient (Wildman–Crippen LogP) is 0.566. The summed E-state index contributed by atoms with van der Waals surface area (Å²) >= 11 is 3.74. The first-order valence-electron chi connectivity index (χ1n) is 2.32. The van der Waals surface area contributed by atoms with E-state index >= 15 is 0 Å². The molecule has 8 heavy (non-hydrogen) atoms. The first-order chi connectivity index (χ1) is 3.81. The summed E-state index contributed by atoms with van der Waals surface area (Å²) in [4.78, 5) is 10.3. The van der Waals surface area contributed by atoms with Crippen molar-refractivity contribution in [2.75, 3.05) is 5.75 Å². The van der Waals surface area contributed by atoms with Gasteiger partial charge >= 0.3 is 0 Å². The fourth-order valence-corrected chi connectivity index (χ4v) is 0.313. The van der Waals surface area contributed by atoms with E-state index in [0.717, 1.165) is 0 Å². The van der Waals surface area contributed by atoms with Crippen LogP contribution in [0, 0.1) is 0 Å². The smallest absolute Gasteiger partial charge is 0.233 e. The molecule has 0 aliphatic rings. The molecule has 46 valence electrons. The minimum atomic E-state index is -0.0774. The Bertz CT molecular complexity index is 101. The maximum absolute atomic E-state index is 10.3. The van der Waals surface area contributed by atoms with Crippen LogP contribution in [0.5, 0.6) is 0 Å². The molecule has 2 nitrogen and oxygen atoms in total.